The first-order valence-electron chi connectivity index (χ1n) is 7.15. The Hall–Kier alpha value is -2.56. The van der Waals surface area contributed by atoms with Gasteiger partial charge in [0.2, 0.25) is 0 Å². The molecule has 5 heteroatoms. The number of carbonyl (C=O) groups excluding carboxylic acids is 2. The number of esters is 1. The molecule has 0 atom stereocenters. The predicted octanol–water partition coefficient (Wildman–Crippen LogP) is 2.09. The summed E-state index contributed by atoms with van der Waals surface area (Å²) in [6, 6.07) is 7.52. The first kappa shape index (κ1) is 15.8. The molecule has 0 saturated heterocycles. The van der Waals surface area contributed by atoms with Crippen LogP contribution in [0, 0.1) is 0 Å². The molecule has 0 radical (unpaired) electrons. The molecular weight excluding hydrogens is 282 g/mol. The molecule has 0 unspecified atom stereocenters. The second-order valence-electron chi connectivity index (χ2n) is 4.95. The summed E-state index contributed by atoms with van der Waals surface area (Å²) in [6.07, 6.45) is 6.60. The van der Waals surface area contributed by atoms with Crippen molar-refractivity contribution in [3.05, 3.63) is 48.6 Å². The second-order valence-corrected chi connectivity index (χ2v) is 4.95. The highest BCUT2D eigenvalue weighted by atomic mass is 16.5. The van der Waals surface area contributed by atoms with Gasteiger partial charge in [-0.05, 0) is 36.6 Å². The van der Waals surface area contributed by atoms with E-state index in [9.17, 15) is 9.59 Å². The molecule has 0 heterocycles. The van der Waals surface area contributed by atoms with Gasteiger partial charge in [0.05, 0.1) is 0 Å². The summed E-state index contributed by atoms with van der Waals surface area (Å²) in [7, 11) is 0. The number of ether oxygens (including phenoxy) is 2. The molecule has 0 aliphatic heterocycles. The van der Waals surface area contributed by atoms with Gasteiger partial charge in [-0.1, -0.05) is 24.8 Å². The van der Waals surface area contributed by atoms with Gasteiger partial charge in [0.15, 0.2) is 6.61 Å². The van der Waals surface area contributed by atoms with Crippen LogP contribution >= 0.6 is 0 Å². The smallest absolute Gasteiger partial charge is 0.331 e. The van der Waals surface area contributed by atoms with Crippen LogP contribution in [-0.4, -0.2) is 31.1 Å². The van der Waals surface area contributed by atoms with Gasteiger partial charge in [-0.25, -0.2) is 4.79 Å². The van der Waals surface area contributed by atoms with Crippen LogP contribution in [0.1, 0.15) is 18.4 Å². The highest BCUT2D eigenvalue weighted by Crippen LogP contribution is 2.18. The van der Waals surface area contributed by atoms with Gasteiger partial charge in [0.1, 0.15) is 12.4 Å². The van der Waals surface area contributed by atoms with Crippen molar-refractivity contribution in [2.24, 2.45) is 0 Å². The van der Waals surface area contributed by atoms with E-state index in [4.69, 9.17) is 9.47 Å². The van der Waals surface area contributed by atoms with Crippen molar-refractivity contribution in [3.63, 3.8) is 0 Å². The Morgan fingerprint density at radius 3 is 2.64 bits per heavy atom. The Morgan fingerprint density at radius 2 is 2.00 bits per heavy atom. The first-order chi connectivity index (χ1) is 10.7. The summed E-state index contributed by atoms with van der Waals surface area (Å²) in [5, 5.41) is 2.74. The van der Waals surface area contributed by atoms with E-state index in [-0.39, 0.29) is 18.6 Å². The van der Waals surface area contributed by atoms with Crippen LogP contribution in [0.2, 0.25) is 0 Å². The predicted molar refractivity (Wildman–Crippen MR) is 83.3 cm³/mol. The SMILES string of the molecule is C=CCOc1ccc(/C=C/C(=O)OCC(=O)NC2CC2)cc1. The summed E-state index contributed by atoms with van der Waals surface area (Å²) in [4.78, 5) is 22.9. The molecule has 1 amide bonds. The average molecular weight is 301 g/mol. The van der Waals surface area contributed by atoms with Gasteiger partial charge in [0, 0.05) is 12.1 Å². The maximum atomic E-state index is 11.5. The molecule has 116 valence electrons. The van der Waals surface area contributed by atoms with Crippen molar-refractivity contribution < 1.29 is 19.1 Å². The molecule has 1 aliphatic carbocycles. The van der Waals surface area contributed by atoms with Crippen LogP contribution in [-0.2, 0) is 14.3 Å². The van der Waals surface area contributed by atoms with Crippen molar-refractivity contribution in [1.29, 1.82) is 0 Å². The van der Waals surface area contributed by atoms with E-state index in [0.29, 0.717) is 6.61 Å². The Morgan fingerprint density at radius 1 is 1.27 bits per heavy atom. The van der Waals surface area contributed by atoms with Gasteiger partial charge in [-0.3, -0.25) is 4.79 Å². The zero-order valence-electron chi connectivity index (χ0n) is 12.3. The topological polar surface area (TPSA) is 64.6 Å². The Labute approximate surface area is 129 Å². The summed E-state index contributed by atoms with van der Waals surface area (Å²) >= 11 is 0. The van der Waals surface area contributed by atoms with Crippen molar-refractivity contribution in [2.45, 2.75) is 18.9 Å². The van der Waals surface area contributed by atoms with E-state index < -0.39 is 5.97 Å². The number of hydrogen-bond donors (Lipinski definition) is 1. The summed E-state index contributed by atoms with van der Waals surface area (Å²) < 4.78 is 10.2. The van der Waals surface area contributed by atoms with Crippen LogP contribution in [0.15, 0.2) is 43.0 Å². The number of carbonyl (C=O) groups is 2. The van der Waals surface area contributed by atoms with E-state index in [1.165, 1.54) is 6.08 Å². The summed E-state index contributed by atoms with van der Waals surface area (Å²) in [5.74, 6) is -0.0673. The summed E-state index contributed by atoms with van der Waals surface area (Å²) in [5.41, 5.74) is 0.838. The van der Waals surface area contributed by atoms with Gasteiger partial charge < -0.3 is 14.8 Å². The van der Waals surface area contributed by atoms with Gasteiger partial charge in [-0.2, -0.15) is 0 Å². The monoisotopic (exact) mass is 301 g/mol. The Balaban J connectivity index is 1.73. The third-order valence-corrected chi connectivity index (χ3v) is 2.95. The van der Waals surface area contributed by atoms with Gasteiger partial charge >= 0.3 is 5.97 Å². The first-order valence-corrected chi connectivity index (χ1v) is 7.15. The molecule has 1 N–H and O–H groups in total. The fourth-order valence-electron chi connectivity index (χ4n) is 1.68. The minimum Gasteiger partial charge on any atom is -0.490 e. The molecular formula is C17H19NO4. The van der Waals surface area contributed by atoms with E-state index in [2.05, 4.69) is 11.9 Å². The fraction of sp³-hybridized carbons (Fsp3) is 0.294. The Kier molecular flexibility index (Phi) is 5.77. The average Bonchev–Trinajstić information content (AvgIpc) is 3.34. The third kappa shape index (κ3) is 5.83. The van der Waals surface area contributed by atoms with Crippen molar-refractivity contribution in [2.75, 3.05) is 13.2 Å². The highest BCUT2D eigenvalue weighted by molar-refractivity contribution is 5.89. The number of nitrogens with one attached hydrogen (secondary N) is 1. The lowest BCUT2D eigenvalue weighted by Crippen LogP contribution is -2.30. The van der Waals surface area contributed by atoms with E-state index in [1.54, 1.807) is 24.3 Å². The van der Waals surface area contributed by atoms with E-state index >= 15 is 0 Å². The van der Waals surface area contributed by atoms with E-state index in [0.717, 1.165) is 24.2 Å². The molecule has 1 saturated carbocycles. The van der Waals surface area contributed by atoms with Crippen molar-refractivity contribution >= 4 is 18.0 Å². The molecule has 1 fully saturated rings. The molecule has 0 aromatic heterocycles. The minimum absolute atomic E-state index is 0.242. The third-order valence-electron chi connectivity index (χ3n) is 2.95. The molecule has 5 nitrogen and oxygen atoms in total. The lowest BCUT2D eigenvalue weighted by molar-refractivity contribution is -0.143. The quantitative estimate of drug-likeness (QED) is 0.453. The standard InChI is InChI=1S/C17H19NO4/c1-2-11-21-15-8-3-13(4-9-15)5-10-17(20)22-12-16(19)18-14-6-7-14/h2-5,8-10,14H,1,6-7,11-12H2,(H,18,19)/b10-5+. The largest absolute Gasteiger partial charge is 0.490 e. The van der Waals surface area contributed by atoms with Crippen molar-refractivity contribution in [3.8, 4) is 5.75 Å². The fourth-order valence-corrected chi connectivity index (χ4v) is 1.68. The summed E-state index contributed by atoms with van der Waals surface area (Å²) in [6.45, 7) is 3.78. The Bertz CT molecular complexity index is 559. The van der Waals surface area contributed by atoms with Crippen molar-refractivity contribution in [1.82, 2.24) is 5.32 Å². The lowest BCUT2D eigenvalue weighted by Gasteiger charge is -2.03. The lowest BCUT2D eigenvalue weighted by atomic mass is 10.2. The molecule has 1 aromatic rings. The molecule has 0 bridgehead atoms. The second kappa shape index (κ2) is 8.02. The maximum Gasteiger partial charge on any atom is 0.331 e. The zero-order chi connectivity index (χ0) is 15.8. The van der Waals surface area contributed by atoms with Gasteiger partial charge in [-0.15, -0.1) is 0 Å². The van der Waals surface area contributed by atoms with Crippen LogP contribution < -0.4 is 10.1 Å². The van der Waals surface area contributed by atoms with Crippen LogP contribution in [0.3, 0.4) is 0 Å². The molecule has 0 spiro atoms. The van der Waals surface area contributed by atoms with Crippen LogP contribution in [0.25, 0.3) is 6.08 Å². The number of benzene rings is 1. The maximum absolute atomic E-state index is 11.5. The molecule has 22 heavy (non-hydrogen) atoms. The number of rotatable bonds is 8. The normalized spacial score (nSPS) is 13.6. The highest BCUT2D eigenvalue weighted by Gasteiger charge is 2.23. The van der Waals surface area contributed by atoms with Crippen LogP contribution in [0.4, 0.5) is 0 Å². The number of amides is 1. The van der Waals surface area contributed by atoms with E-state index in [1.807, 2.05) is 12.1 Å². The molecule has 1 aromatic carbocycles. The van der Waals surface area contributed by atoms with Crippen LogP contribution in [0.5, 0.6) is 5.75 Å². The minimum atomic E-state index is -0.544. The number of hydrogen-bond acceptors (Lipinski definition) is 4. The molecule has 2 rings (SSSR count). The zero-order valence-corrected chi connectivity index (χ0v) is 12.3. The van der Waals surface area contributed by atoms with Gasteiger partial charge in [0.25, 0.3) is 5.91 Å². The molecule has 1 aliphatic rings.